The predicted molar refractivity (Wildman–Crippen MR) is 71.8 cm³/mol. The summed E-state index contributed by atoms with van der Waals surface area (Å²) in [5.74, 6) is 0.483. The van der Waals surface area contributed by atoms with Gasteiger partial charge < -0.3 is 0 Å². The first-order valence-corrected chi connectivity index (χ1v) is 7.65. The van der Waals surface area contributed by atoms with Crippen LogP contribution in [0.4, 0.5) is 0 Å². The molecule has 0 amide bonds. The minimum atomic E-state index is -3.18. The summed E-state index contributed by atoms with van der Waals surface area (Å²) < 4.78 is 25.0. The lowest BCUT2D eigenvalue weighted by Crippen LogP contribution is -2.29. The number of aryl methyl sites for hydroxylation is 1. The molecule has 17 heavy (non-hydrogen) atoms. The summed E-state index contributed by atoms with van der Waals surface area (Å²) in [5, 5.41) is 0. The molecule has 0 radical (unpaired) electrons. The molecule has 0 N–H and O–H groups in total. The Kier molecular flexibility index (Phi) is 5.43. The Morgan fingerprint density at radius 2 is 1.82 bits per heavy atom. The van der Waals surface area contributed by atoms with Crippen LogP contribution >= 0.6 is 11.6 Å². The number of hydrogen-bond donors (Lipinski definition) is 0. The van der Waals surface area contributed by atoms with Gasteiger partial charge in [-0.05, 0) is 18.9 Å². The molecule has 0 aliphatic carbocycles. The second-order valence-electron chi connectivity index (χ2n) is 4.10. The number of nitrogens with zero attached hydrogens (tertiary/aromatic N) is 1. The zero-order valence-electron chi connectivity index (χ0n) is 10.2. The van der Waals surface area contributed by atoms with E-state index >= 15 is 0 Å². The average molecular weight is 276 g/mol. The molecular formula is C12H18ClNO2S. The van der Waals surface area contributed by atoms with Crippen molar-refractivity contribution in [2.24, 2.45) is 0 Å². The third kappa shape index (κ3) is 4.66. The maximum Gasteiger partial charge on any atom is 0.214 e. The van der Waals surface area contributed by atoms with Gasteiger partial charge in [-0.1, -0.05) is 29.8 Å². The van der Waals surface area contributed by atoms with Crippen molar-refractivity contribution in [3.05, 3.63) is 35.4 Å². The highest BCUT2D eigenvalue weighted by molar-refractivity contribution is 7.89. The molecule has 0 bridgehead atoms. The molecule has 5 heteroatoms. The van der Waals surface area contributed by atoms with E-state index in [9.17, 15) is 8.42 Å². The number of sulfonamides is 1. The topological polar surface area (TPSA) is 37.4 Å². The van der Waals surface area contributed by atoms with E-state index in [1.165, 1.54) is 9.87 Å². The van der Waals surface area contributed by atoms with Gasteiger partial charge in [0.2, 0.25) is 10.0 Å². The summed E-state index contributed by atoms with van der Waals surface area (Å²) in [4.78, 5) is 0. The van der Waals surface area contributed by atoms with Gasteiger partial charge in [-0.25, -0.2) is 12.7 Å². The van der Waals surface area contributed by atoms with Crippen molar-refractivity contribution in [3.8, 4) is 0 Å². The Balaban J connectivity index is 2.65. The van der Waals surface area contributed by atoms with Crippen LogP contribution in [0.25, 0.3) is 0 Å². The Morgan fingerprint density at radius 1 is 1.24 bits per heavy atom. The molecule has 0 unspecified atom stereocenters. The Hall–Kier alpha value is -0.580. The molecule has 0 atom stereocenters. The summed E-state index contributed by atoms with van der Waals surface area (Å²) >= 11 is 5.51. The third-order valence-electron chi connectivity index (χ3n) is 2.54. The van der Waals surface area contributed by atoms with Gasteiger partial charge in [-0.2, -0.15) is 0 Å². The van der Waals surface area contributed by atoms with Crippen molar-refractivity contribution in [1.82, 2.24) is 4.31 Å². The molecule has 0 saturated carbocycles. The van der Waals surface area contributed by atoms with E-state index in [1.54, 1.807) is 7.05 Å². The Morgan fingerprint density at radius 3 is 2.35 bits per heavy atom. The van der Waals surface area contributed by atoms with E-state index < -0.39 is 10.0 Å². The van der Waals surface area contributed by atoms with Crippen molar-refractivity contribution in [1.29, 1.82) is 0 Å². The maximum atomic E-state index is 11.8. The van der Waals surface area contributed by atoms with Gasteiger partial charge in [0.25, 0.3) is 0 Å². The molecule has 1 aromatic rings. The summed E-state index contributed by atoms with van der Waals surface area (Å²) in [6.45, 7) is 2.41. The zero-order chi connectivity index (χ0) is 12.9. The van der Waals surface area contributed by atoms with Crippen LogP contribution in [-0.4, -0.2) is 31.4 Å². The van der Waals surface area contributed by atoms with E-state index in [0.717, 1.165) is 5.56 Å². The molecule has 1 rings (SSSR count). The number of benzene rings is 1. The largest absolute Gasteiger partial charge is 0.214 e. The Bertz CT molecular complexity index is 442. The van der Waals surface area contributed by atoms with Crippen molar-refractivity contribution < 1.29 is 8.42 Å². The van der Waals surface area contributed by atoms with Gasteiger partial charge in [-0.15, -0.1) is 11.6 Å². The molecule has 0 aromatic heterocycles. The van der Waals surface area contributed by atoms with Crippen LogP contribution in [0.15, 0.2) is 24.3 Å². The average Bonchev–Trinajstić information content (AvgIpc) is 2.29. The highest BCUT2D eigenvalue weighted by Crippen LogP contribution is 2.10. The van der Waals surface area contributed by atoms with Crippen LogP contribution in [-0.2, 0) is 16.6 Å². The van der Waals surface area contributed by atoms with Crippen LogP contribution in [0.1, 0.15) is 17.5 Å². The molecule has 3 nitrogen and oxygen atoms in total. The molecule has 0 aliphatic heterocycles. The zero-order valence-corrected chi connectivity index (χ0v) is 11.8. The molecule has 96 valence electrons. The molecule has 0 fully saturated rings. The SMILES string of the molecule is Cc1ccc(CN(C)S(=O)(=O)CCCCl)cc1. The third-order valence-corrected chi connectivity index (χ3v) is 4.69. The Labute approximate surface area is 108 Å². The number of alkyl halides is 1. The first-order chi connectivity index (χ1) is 7.95. The predicted octanol–water partition coefficient (Wildman–Crippen LogP) is 2.39. The van der Waals surface area contributed by atoms with Crippen LogP contribution < -0.4 is 0 Å². The van der Waals surface area contributed by atoms with Crippen LogP contribution in [0, 0.1) is 6.92 Å². The lowest BCUT2D eigenvalue weighted by Gasteiger charge is -2.17. The highest BCUT2D eigenvalue weighted by Gasteiger charge is 2.17. The second kappa shape index (κ2) is 6.38. The minimum absolute atomic E-state index is 0.110. The number of halogens is 1. The standard InChI is InChI=1S/C12H18ClNO2S/c1-11-4-6-12(7-5-11)10-14(2)17(15,16)9-3-8-13/h4-7H,3,8-10H2,1-2H3. The van der Waals surface area contributed by atoms with Crippen molar-refractivity contribution >= 4 is 21.6 Å². The van der Waals surface area contributed by atoms with E-state index in [2.05, 4.69) is 0 Å². The molecule has 0 saturated heterocycles. The fourth-order valence-electron chi connectivity index (χ4n) is 1.44. The van der Waals surface area contributed by atoms with E-state index in [1.807, 2.05) is 31.2 Å². The lowest BCUT2D eigenvalue weighted by molar-refractivity contribution is 0.466. The summed E-state index contributed by atoms with van der Waals surface area (Å²) in [6, 6.07) is 7.86. The molecule has 0 heterocycles. The monoisotopic (exact) mass is 275 g/mol. The van der Waals surface area contributed by atoms with E-state index in [-0.39, 0.29) is 5.75 Å². The van der Waals surface area contributed by atoms with Gasteiger partial charge in [-0.3, -0.25) is 0 Å². The van der Waals surface area contributed by atoms with Crippen molar-refractivity contribution in [3.63, 3.8) is 0 Å². The van der Waals surface area contributed by atoms with Gasteiger partial charge in [0.15, 0.2) is 0 Å². The normalized spacial score (nSPS) is 12.0. The molecule has 0 aliphatic rings. The van der Waals surface area contributed by atoms with Gasteiger partial charge >= 0.3 is 0 Å². The number of hydrogen-bond acceptors (Lipinski definition) is 2. The molecule has 1 aromatic carbocycles. The quantitative estimate of drug-likeness (QED) is 0.748. The van der Waals surface area contributed by atoms with Gasteiger partial charge in [0.1, 0.15) is 0 Å². The first-order valence-electron chi connectivity index (χ1n) is 5.51. The lowest BCUT2D eigenvalue weighted by atomic mass is 10.1. The first kappa shape index (κ1) is 14.5. The fourth-order valence-corrected chi connectivity index (χ4v) is 2.90. The van der Waals surface area contributed by atoms with Crippen LogP contribution in [0.5, 0.6) is 0 Å². The smallest absolute Gasteiger partial charge is 0.212 e. The minimum Gasteiger partial charge on any atom is -0.212 e. The van der Waals surface area contributed by atoms with Gasteiger partial charge in [0, 0.05) is 19.5 Å². The highest BCUT2D eigenvalue weighted by atomic mass is 35.5. The van der Waals surface area contributed by atoms with Crippen LogP contribution in [0.2, 0.25) is 0 Å². The summed E-state index contributed by atoms with van der Waals surface area (Å²) in [5.41, 5.74) is 2.16. The second-order valence-corrected chi connectivity index (χ2v) is 6.67. The van der Waals surface area contributed by atoms with Crippen molar-refractivity contribution in [2.45, 2.75) is 19.9 Å². The fraction of sp³-hybridized carbons (Fsp3) is 0.500. The van der Waals surface area contributed by atoms with E-state index in [0.29, 0.717) is 18.8 Å². The van der Waals surface area contributed by atoms with Crippen molar-refractivity contribution in [2.75, 3.05) is 18.7 Å². The summed E-state index contributed by atoms with van der Waals surface area (Å²) in [7, 11) is -1.58. The van der Waals surface area contributed by atoms with E-state index in [4.69, 9.17) is 11.6 Å². The van der Waals surface area contributed by atoms with Gasteiger partial charge in [0.05, 0.1) is 5.75 Å². The number of rotatable bonds is 6. The molecule has 0 spiro atoms. The molecular weight excluding hydrogens is 258 g/mol. The summed E-state index contributed by atoms with van der Waals surface area (Å²) in [6.07, 6.45) is 0.488. The van der Waals surface area contributed by atoms with Crippen LogP contribution in [0.3, 0.4) is 0 Å². The maximum absolute atomic E-state index is 11.8.